The van der Waals surface area contributed by atoms with Crippen molar-refractivity contribution in [3.63, 3.8) is 0 Å². The van der Waals surface area contributed by atoms with E-state index in [0.29, 0.717) is 0 Å². The molecular weight excluding hydrogens is 140 g/mol. The van der Waals surface area contributed by atoms with Crippen molar-refractivity contribution >= 4 is 12.6 Å². The van der Waals surface area contributed by atoms with Gasteiger partial charge in [0.2, 0.25) is 0 Å². The summed E-state index contributed by atoms with van der Waals surface area (Å²) in [4.78, 5) is 0. The van der Waals surface area contributed by atoms with Crippen LogP contribution >= 0.6 is 12.6 Å². The maximum Gasteiger partial charge on any atom is -0.00979 e. The van der Waals surface area contributed by atoms with Crippen LogP contribution in [0.4, 0.5) is 0 Å². The van der Waals surface area contributed by atoms with Crippen LogP contribution in [0.2, 0.25) is 0 Å². The molecule has 0 radical (unpaired) electrons. The van der Waals surface area contributed by atoms with Gasteiger partial charge in [-0.05, 0) is 36.9 Å². The topological polar surface area (TPSA) is 0 Å². The molecule has 0 bridgehead atoms. The van der Waals surface area contributed by atoms with Gasteiger partial charge in [-0.1, -0.05) is 19.8 Å². The van der Waals surface area contributed by atoms with Crippen molar-refractivity contribution in [1.82, 2.24) is 0 Å². The predicted octanol–water partition coefficient (Wildman–Crippen LogP) is 3.13. The fraction of sp³-hybridized carbons (Fsp3) is 1.00. The van der Waals surface area contributed by atoms with Crippen molar-refractivity contribution in [2.75, 3.05) is 5.75 Å². The summed E-state index contributed by atoms with van der Waals surface area (Å²) in [5.74, 6) is 3.16. The first-order valence-electron chi connectivity index (χ1n) is 4.45. The van der Waals surface area contributed by atoms with Crippen molar-refractivity contribution in [2.45, 2.75) is 39.0 Å². The molecule has 1 fully saturated rings. The van der Waals surface area contributed by atoms with Gasteiger partial charge in [-0.15, -0.1) is 0 Å². The molecule has 0 aliphatic heterocycles. The van der Waals surface area contributed by atoms with Gasteiger partial charge in [-0.25, -0.2) is 0 Å². The van der Waals surface area contributed by atoms with E-state index in [-0.39, 0.29) is 0 Å². The Labute approximate surface area is 69.8 Å². The summed E-state index contributed by atoms with van der Waals surface area (Å²) in [5.41, 5.74) is 0. The first kappa shape index (κ1) is 8.45. The molecule has 0 aromatic heterocycles. The zero-order valence-electron chi connectivity index (χ0n) is 6.84. The molecule has 0 aromatic rings. The maximum absolute atomic E-state index is 4.19. The predicted molar refractivity (Wildman–Crippen MR) is 49.6 cm³/mol. The Bertz CT molecular complexity index is 86.7. The van der Waals surface area contributed by atoms with Gasteiger partial charge in [0.1, 0.15) is 0 Å². The molecule has 1 heteroatoms. The molecule has 0 heterocycles. The second-order valence-electron chi connectivity index (χ2n) is 3.53. The summed E-state index contributed by atoms with van der Waals surface area (Å²) in [6.07, 6.45) is 7.14. The minimum atomic E-state index is 1.000. The molecule has 1 aliphatic rings. The third-order valence-corrected chi connectivity index (χ3v) is 2.81. The smallest absolute Gasteiger partial charge is 0.00979 e. The second kappa shape index (κ2) is 4.27. The average molecular weight is 158 g/mol. The van der Waals surface area contributed by atoms with Crippen LogP contribution in [-0.2, 0) is 0 Å². The first-order chi connectivity index (χ1) is 4.84. The fourth-order valence-electron chi connectivity index (χ4n) is 1.48. The molecule has 0 N–H and O–H groups in total. The van der Waals surface area contributed by atoms with E-state index in [1.165, 1.54) is 32.1 Å². The molecule has 60 valence electrons. The highest BCUT2D eigenvalue weighted by Gasteiger charge is 2.26. The Morgan fingerprint density at radius 1 is 1.40 bits per heavy atom. The Kier molecular flexibility index (Phi) is 3.61. The average Bonchev–Trinajstić information content (AvgIpc) is 2.69. The quantitative estimate of drug-likeness (QED) is 0.461. The number of rotatable bonds is 5. The van der Waals surface area contributed by atoms with Gasteiger partial charge in [0.15, 0.2) is 0 Å². The third-order valence-electron chi connectivity index (χ3n) is 2.49. The van der Waals surface area contributed by atoms with E-state index < -0.39 is 0 Å². The van der Waals surface area contributed by atoms with Crippen molar-refractivity contribution < 1.29 is 0 Å². The molecule has 1 atom stereocenters. The Morgan fingerprint density at radius 3 is 2.60 bits per heavy atom. The fourth-order valence-corrected chi connectivity index (χ4v) is 1.70. The number of hydrogen-bond donors (Lipinski definition) is 1. The minimum Gasteiger partial charge on any atom is -0.179 e. The maximum atomic E-state index is 4.19. The molecular formula is C9H18S. The summed E-state index contributed by atoms with van der Waals surface area (Å²) < 4.78 is 0. The van der Waals surface area contributed by atoms with Crippen LogP contribution in [0, 0.1) is 11.8 Å². The Morgan fingerprint density at radius 2 is 2.10 bits per heavy atom. The van der Waals surface area contributed by atoms with Crippen molar-refractivity contribution in [3.8, 4) is 0 Å². The van der Waals surface area contributed by atoms with E-state index in [2.05, 4.69) is 19.6 Å². The summed E-state index contributed by atoms with van der Waals surface area (Å²) in [6, 6.07) is 0. The van der Waals surface area contributed by atoms with Crippen LogP contribution in [0.25, 0.3) is 0 Å². The van der Waals surface area contributed by atoms with Gasteiger partial charge >= 0.3 is 0 Å². The summed E-state index contributed by atoms with van der Waals surface area (Å²) in [6.45, 7) is 2.40. The molecule has 0 amide bonds. The zero-order valence-corrected chi connectivity index (χ0v) is 7.74. The van der Waals surface area contributed by atoms with E-state index in [0.717, 1.165) is 17.6 Å². The van der Waals surface area contributed by atoms with Gasteiger partial charge in [-0.2, -0.15) is 12.6 Å². The number of hydrogen-bond acceptors (Lipinski definition) is 1. The molecule has 0 spiro atoms. The van der Waals surface area contributed by atoms with Crippen molar-refractivity contribution in [1.29, 1.82) is 0 Å². The largest absolute Gasteiger partial charge is 0.179 e. The highest BCUT2D eigenvalue weighted by molar-refractivity contribution is 7.80. The van der Waals surface area contributed by atoms with E-state index in [1.54, 1.807) is 0 Å². The normalized spacial score (nSPS) is 21.0. The van der Waals surface area contributed by atoms with E-state index in [9.17, 15) is 0 Å². The summed E-state index contributed by atoms with van der Waals surface area (Å²) >= 11 is 4.19. The van der Waals surface area contributed by atoms with Crippen molar-refractivity contribution in [3.05, 3.63) is 0 Å². The van der Waals surface area contributed by atoms with Crippen LogP contribution in [0.15, 0.2) is 0 Å². The lowest BCUT2D eigenvalue weighted by Crippen LogP contribution is -1.96. The SMILES string of the molecule is CC(CCCCS)C1CC1. The van der Waals surface area contributed by atoms with Gasteiger partial charge in [0.05, 0.1) is 0 Å². The van der Waals surface area contributed by atoms with Crippen LogP contribution in [0.5, 0.6) is 0 Å². The Balaban J connectivity index is 1.90. The lowest BCUT2D eigenvalue weighted by molar-refractivity contribution is 0.452. The summed E-state index contributed by atoms with van der Waals surface area (Å²) in [7, 11) is 0. The molecule has 10 heavy (non-hydrogen) atoms. The highest BCUT2D eigenvalue weighted by Crippen LogP contribution is 2.38. The standard InChI is InChI=1S/C9H18S/c1-8(9-5-6-9)4-2-3-7-10/h8-10H,2-7H2,1H3. The van der Waals surface area contributed by atoms with E-state index in [4.69, 9.17) is 0 Å². The van der Waals surface area contributed by atoms with Crippen LogP contribution < -0.4 is 0 Å². The first-order valence-corrected chi connectivity index (χ1v) is 5.08. The molecule has 1 unspecified atom stereocenters. The molecule has 0 saturated heterocycles. The van der Waals surface area contributed by atoms with Gasteiger partial charge in [0.25, 0.3) is 0 Å². The van der Waals surface area contributed by atoms with E-state index >= 15 is 0 Å². The monoisotopic (exact) mass is 158 g/mol. The molecule has 1 saturated carbocycles. The molecule has 0 nitrogen and oxygen atoms in total. The summed E-state index contributed by atoms with van der Waals surface area (Å²) in [5, 5.41) is 0. The number of unbranched alkanes of at least 4 members (excludes halogenated alkanes) is 1. The number of thiol groups is 1. The van der Waals surface area contributed by atoms with Crippen LogP contribution in [-0.4, -0.2) is 5.75 Å². The third kappa shape index (κ3) is 2.96. The molecule has 1 aliphatic carbocycles. The highest BCUT2D eigenvalue weighted by atomic mass is 32.1. The van der Waals surface area contributed by atoms with E-state index in [1.807, 2.05) is 0 Å². The van der Waals surface area contributed by atoms with Gasteiger partial charge in [-0.3, -0.25) is 0 Å². The lowest BCUT2D eigenvalue weighted by Gasteiger charge is -2.07. The minimum absolute atomic E-state index is 1.000. The molecule has 0 aromatic carbocycles. The second-order valence-corrected chi connectivity index (χ2v) is 3.98. The van der Waals surface area contributed by atoms with Crippen molar-refractivity contribution in [2.24, 2.45) is 11.8 Å². The van der Waals surface area contributed by atoms with Crippen LogP contribution in [0.1, 0.15) is 39.0 Å². The lowest BCUT2D eigenvalue weighted by atomic mass is 10.00. The van der Waals surface area contributed by atoms with Gasteiger partial charge < -0.3 is 0 Å². The molecule has 1 rings (SSSR count). The van der Waals surface area contributed by atoms with Gasteiger partial charge in [0, 0.05) is 0 Å². The Hall–Kier alpha value is 0.350. The van der Waals surface area contributed by atoms with Crippen LogP contribution in [0.3, 0.4) is 0 Å². The zero-order chi connectivity index (χ0) is 7.40.